The molecule has 1 fully saturated rings. The zero-order valence-corrected chi connectivity index (χ0v) is 11.3. The minimum atomic E-state index is -0.659. The fraction of sp³-hybridized carbons (Fsp3) is 0.692. The molecule has 1 aromatic heterocycles. The Morgan fingerprint density at radius 3 is 3.05 bits per heavy atom. The number of aromatic nitrogens is 2. The molecule has 0 spiro atoms. The van der Waals surface area contributed by atoms with Crippen LogP contribution in [0.1, 0.15) is 37.3 Å². The van der Waals surface area contributed by atoms with Gasteiger partial charge in [-0.3, -0.25) is 9.48 Å². The molecule has 2 heterocycles. The summed E-state index contributed by atoms with van der Waals surface area (Å²) in [5, 5.41) is 13.1. The monoisotopic (exact) mass is 266 g/mol. The molecule has 0 saturated carbocycles. The van der Waals surface area contributed by atoms with Crippen LogP contribution in [0.3, 0.4) is 0 Å². The number of likely N-dealkylation sites (tertiary alicyclic amines) is 1. The third-order valence-electron chi connectivity index (χ3n) is 3.72. The first kappa shape index (κ1) is 14.0. The number of carbonyl (C=O) groups excluding carboxylic acids is 1. The highest BCUT2D eigenvalue weighted by molar-refractivity contribution is 5.83. The third kappa shape index (κ3) is 3.13. The summed E-state index contributed by atoms with van der Waals surface area (Å²) in [5.41, 5.74) is 6.77. The Morgan fingerprint density at radius 2 is 2.42 bits per heavy atom. The molecule has 0 aliphatic carbocycles. The van der Waals surface area contributed by atoms with Crippen LogP contribution in [0.4, 0.5) is 0 Å². The molecule has 6 nitrogen and oxygen atoms in total. The van der Waals surface area contributed by atoms with Gasteiger partial charge >= 0.3 is 0 Å². The largest absolute Gasteiger partial charge is 0.396 e. The lowest BCUT2D eigenvalue weighted by atomic mass is 9.98. The third-order valence-corrected chi connectivity index (χ3v) is 3.72. The molecule has 0 bridgehead atoms. The number of aliphatic hydroxyl groups excluding tert-OH is 1. The summed E-state index contributed by atoms with van der Waals surface area (Å²) in [6.07, 6.45) is 7.10. The lowest BCUT2D eigenvalue weighted by Gasteiger charge is -2.37. The van der Waals surface area contributed by atoms with Crippen molar-refractivity contribution in [3.8, 4) is 0 Å². The van der Waals surface area contributed by atoms with E-state index >= 15 is 0 Å². The van der Waals surface area contributed by atoms with Crippen LogP contribution in [0.25, 0.3) is 0 Å². The molecule has 3 N–H and O–H groups in total. The van der Waals surface area contributed by atoms with E-state index in [0.29, 0.717) is 6.42 Å². The van der Waals surface area contributed by atoms with Gasteiger partial charge in [-0.15, -0.1) is 0 Å². The summed E-state index contributed by atoms with van der Waals surface area (Å²) < 4.78 is 1.64. The Morgan fingerprint density at radius 1 is 1.63 bits per heavy atom. The molecule has 1 aromatic rings. The van der Waals surface area contributed by atoms with Crippen LogP contribution < -0.4 is 5.73 Å². The van der Waals surface area contributed by atoms with Gasteiger partial charge in [-0.25, -0.2) is 0 Å². The van der Waals surface area contributed by atoms with Crippen LogP contribution in [0.5, 0.6) is 0 Å². The standard InChI is InChI=1S/C13H22N4O2/c1-16-9-10(8-15-16)12(14)13(19)17-6-3-2-4-11(17)5-7-18/h8-9,11-12,18H,2-7,14H2,1H3. The van der Waals surface area contributed by atoms with Crippen LogP contribution in [-0.4, -0.2) is 44.9 Å². The molecule has 1 amide bonds. The molecular weight excluding hydrogens is 244 g/mol. The summed E-state index contributed by atoms with van der Waals surface area (Å²) in [7, 11) is 1.80. The van der Waals surface area contributed by atoms with E-state index < -0.39 is 6.04 Å². The van der Waals surface area contributed by atoms with Crippen molar-refractivity contribution >= 4 is 5.91 Å². The van der Waals surface area contributed by atoms with Crippen molar-refractivity contribution in [2.45, 2.75) is 37.8 Å². The average molecular weight is 266 g/mol. The summed E-state index contributed by atoms with van der Waals surface area (Å²) in [4.78, 5) is 14.3. The number of amides is 1. The number of carbonyl (C=O) groups is 1. The van der Waals surface area contributed by atoms with Crippen molar-refractivity contribution < 1.29 is 9.90 Å². The van der Waals surface area contributed by atoms with Crippen molar-refractivity contribution in [1.29, 1.82) is 0 Å². The van der Waals surface area contributed by atoms with Gasteiger partial charge in [0.05, 0.1) is 6.20 Å². The van der Waals surface area contributed by atoms with Crippen LogP contribution in [0.2, 0.25) is 0 Å². The topological polar surface area (TPSA) is 84.4 Å². The van der Waals surface area contributed by atoms with Crippen molar-refractivity contribution in [2.24, 2.45) is 12.8 Å². The zero-order valence-electron chi connectivity index (χ0n) is 11.3. The highest BCUT2D eigenvalue weighted by Crippen LogP contribution is 2.23. The van der Waals surface area contributed by atoms with Crippen molar-refractivity contribution in [3.63, 3.8) is 0 Å². The van der Waals surface area contributed by atoms with Crippen LogP contribution in [0, 0.1) is 0 Å². The van der Waals surface area contributed by atoms with Crippen molar-refractivity contribution in [3.05, 3.63) is 18.0 Å². The number of aryl methyl sites for hydroxylation is 1. The predicted molar refractivity (Wildman–Crippen MR) is 71.2 cm³/mol. The van der Waals surface area contributed by atoms with E-state index in [9.17, 15) is 4.79 Å². The van der Waals surface area contributed by atoms with E-state index in [2.05, 4.69) is 5.10 Å². The molecule has 1 aliphatic rings. The maximum absolute atomic E-state index is 12.5. The highest BCUT2D eigenvalue weighted by Gasteiger charge is 2.30. The summed E-state index contributed by atoms with van der Waals surface area (Å²) in [6.45, 7) is 0.841. The second kappa shape index (κ2) is 6.16. The summed E-state index contributed by atoms with van der Waals surface area (Å²) in [6, 6.07) is -0.540. The van der Waals surface area contributed by atoms with E-state index in [1.165, 1.54) is 0 Å². The first-order valence-electron chi connectivity index (χ1n) is 6.79. The molecule has 19 heavy (non-hydrogen) atoms. The number of nitrogens with two attached hydrogens (primary N) is 1. The second-order valence-corrected chi connectivity index (χ2v) is 5.12. The molecule has 0 aromatic carbocycles. The molecule has 2 unspecified atom stereocenters. The number of hydrogen-bond donors (Lipinski definition) is 2. The molecule has 1 aliphatic heterocycles. The predicted octanol–water partition coefficient (Wildman–Crippen LogP) is 0.183. The first-order valence-corrected chi connectivity index (χ1v) is 6.79. The van der Waals surface area contributed by atoms with Crippen LogP contribution in [-0.2, 0) is 11.8 Å². The number of nitrogens with zero attached hydrogens (tertiary/aromatic N) is 3. The molecule has 2 rings (SSSR count). The van der Waals surface area contributed by atoms with Gasteiger partial charge in [0.1, 0.15) is 6.04 Å². The van der Waals surface area contributed by atoms with Gasteiger partial charge in [-0.05, 0) is 25.7 Å². The molecule has 2 atom stereocenters. The summed E-state index contributed by atoms with van der Waals surface area (Å²) in [5.74, 6) is -0.0637. The number of piperidine rings is 1. The smallest absolute Gasteiger partial charge is 0.244 e. The van der Waals surface area contributed by atoms with E-state index in [4.69, 9.17) is 10.8 Å². The van der Waals surface area contributed by atoms with E-state index in [-0.39, 0.29) is 18.6 Å². The Labute approximate surface area is 113 Å². The van der Waals surface area contributed by atoms with Gasteiger partial charge in [-0.2, -0.15) is 5.10 Å². The SMILES string of the molecule is Cn1cc(C(N)C(=O)N2CCCCC2CCO)cn1. The molecule has 0 radical (unpaired) electrons. The minimum absolute atomic E-state index is 0.0637. The highest BCUT2D eigenvalue weighted by atomic mass is 16.3. The van der Waals surface area contributed by atoms with E-state index in [0.717, 1.165) is 31.4 Å². The number of rotatable bonds is 4. The molecular formula is C13H22N4O2. The van der Waals surface area contributed by atoms with E-state index in [1.807, 2.05) is 4.90 Å². The van der Waals surface area contributed by atoms with Crippen LogP contribution >= 0.6 is 0 Å². The minimum Gasteiger partial charge on any atom is -0.396 e. The van der Waals surface area contributed by atoms with Gasteiger partial charge < -0.3 is 15.7 Å². The van der Waals surface area contributed by atoms with E-state index in [1.54, 1.807) is 24.1 Å². The fourth-order valence-corrected chi connectivity index (χ4v) is 2.66. The Bertz CT molecular complexity index is 430. The first-order chi connectivity index (χ1) is 9.13. The Balaban J connectivity index is 2.08. The maximum Gasteiger partial charge on any atom is 0.244 e. The average Bonchev–Trinajstić information content (AvgIpc) is 2.85. The second-order valence-electron chi connectivity index (χ2n) is 5.12. The quantitative estimate of drug-likeness (QED) is 0.814. The Kier molecular flexibility index (Phi) is 4.55. The van der Waals surface area contributed by atoms with Crippen molar-refractivity contribution in [1.82, 2.24) is 14.7 Å². The zero-order chi connectivity index (χ0) is 13.8. The molecule has 6 heteroatoms. The normalized spacial score (nSPS) is 21.4. The summed E-state index contributed by atoms with van der Waals surface area (Å²) >= 11 is 0. The molecule has 1 saturated heterocycles. The van der Waals surface area contributed by atoms with Gasteiger partial charge in [0.2, 0.25) is 5.91 Å². The van der Waals surface area contributed by atoms with Crippen molar-refractivity contribution in [2.75, 3.05) is 13.2 Å². The Hall–Kier alpha value is -1.40. The molecule has 106 valence electrons. The van der Waals surface area contributed by atoms with Gasteiger partial charge in [-0.1, -0.05) is 0 Å². The van der Waals surface area contributed by atoms with Gasteiger partial charge in [0, 0.05) is 38.0 Å². The maximum atomic E-state index is 12.5. The van der Waals surface area contributed by atoms with Gasteiger partial charge in [0.25, 0.3) is 0 Å². The lowest BCUT2D eigenvalue weighted by molar-refractivity contribution is -0.136. The number of hydrogen-bond acceptors (Lipinski definition) is 4. The fourth-order valence-electron chi connectivity index (χ4n) is 2.66. The van der Waals surface area contributed by atoms with Gasteiger partial charge in [0.15, 0.2) is 0 Å². The number of aliphatic hydroxyl groups is 1. The van der Waals surface area contributed by atoms with Crippen LogP contribution in [0.15, 0.2) is 12.4 Å². The lowest BCUT2D eigenvalue weighted by Crippen LogP contribution is -2.47.